The highest BCUT2D eigenvalue weighted by molar-refractivity contribution is 4.73. The van der Waals surface area contributed by atoms with Gasteiger partial charge >= 0.3 is 0 Å². The number of unbranched alkanes of at least 4 members (excludes halogenated alkanes) is 2. The Morgan fingerprint density at radius 1 is 1.62 bits per heavy atom. The summed E-state index contributed by atoms with van der Waals surface area (Å²) in [4.78, 5) is 0. The van der Waals surface area contributed by atoms with Crippen LogP contribution in [0.5, 0.6) is 0 Å². The SMILES string of the molecule is CCCC[CH]C(C)N. The third-order valence-electron chi connectivity index (χ3n) is 1.10. The zero-order valence-corrected chi connectivity index (χ0v) is 5.85. The minimum absolute atomic E-state index is 0.279. The fourth-order valence-corrected chi connectivity index (χ4v) is 0.585. The minimum atomic E-state index is 0.279. The first kappa shape index (κ1) is 7.96. The van der Waals surface area contributed by atoms with Crippen molar-refractivity contribution >= 4 is 0 Å². The normalized spacial score (nSPS) is 13.9. The first-order chi connectivity index (χ1) is 3.77. The van der Waals surface area contributed by atoms with Crippen LogP contribution in [-0.4, -0.2) is 6.04 Å². The molecule has 0 aliphatic rings. The van der Waals surface area contributed by atoms with Crippen LogP contribution in [0.1, 0.15) is 33.1 Å². The van der Waals surface area contributed by atoms with Crippen LogP contribution in [0.25, 0.3) is 0 Å². The van der Waals surface area contributed by atoms with Gasteiger partial charge in [-0.1, -0.05) is 19.8 Å². The van der Waals surface area contributed by atoms with Crippen LogP contribution in [-0.2, 0) is 0 Å². The lowest BCUT2D eigenvalue weighted by Gasteiger charge is -2.00. The summed E-state index contributed by atoms with van der Waals surface area (Å²) in [5.74, 6) is 0. The Hall–Kier alpha value is -0.0400. The fourth-order valence-electron chi connectivity index (χ4n) is 0.585. The Morgan fingerprint density at radius 3 is 2.62 bits per heavy atom. The molecule has 8 heavy (non-hydrogen) atoms. The standard InChI is InChI=1S/C7H16N/c1-3-4-5-6-7(2)8/h6-7H,3-5,8H2,1-2H3. The molecule has 0 amide bonds. The maximum atomic E-state index is 5.48. The van der Waals surface area contributed by atoms with Crippen molar-refractivity contribution in [2.45, 2.75) is 39.2 Å². The summed E-state index contributed by atoms with van der Waals surface area (Å²) < 4.78 is 0. The van der Waals surface area contributed by atoms with Crippen molar-refractivity contribution in [1.82, 2.24) is 0 Å². The molecule has 0 saturated carbocycles. The summed E-state index contributed by atoms with van der Waals surface area (Å²) >= 11 is 0. The van der Waals surface area contributed by atoms with E-state index in [1.807, 2.05) is 6.92 Å². The Kier molecular flexibility index (Phi) is 5.08. The molecule has 0 rings (SSSR count). The molecule has 0 bridgehead atoms. The van der Waals surface area contributed by atoms with Gasteiger partial charge in [0.25, 0.3) is 0 Å². The largest absolute Gasteiger partial charge is 0.328 e. The van der Waals surface area contributed by atoms with Gasteiger partial charge in [0, 0.05) is 6.04 Å². The maximum absolute atomic E-state index is 5.48. The predicted molar refractivity (Wildman–Crippen MR) is 37.5 cm³/mol. The van der Waals surface area contributed by atoms with Crippen LogP contribution < -0.4 is 5.73 Å². The molecule has 0 heterocycles. The topological polar surface area (TPSA) is 26.0 Å². The van der Waals surface area contributed by atoms with Crippen LogP contribution in [0, 0.1) is 6.42 Å². The quantitative estimate of drug-likeness (QED) is 0.553. The lowest BCUT2D eigenvalue weighted by atomic mass is 10.1. The monoisotopic (exact) mass is 114 g/mol. The van der Waals surface area contributed by atoms with E-state index in [4.69, 9.17) is 5.73 Å². The highest BCUT2D eigenvalue weighted by Crippen LogP contribution is 1.98. The van der Waals surface area contributed by atoms with Gasteiger partial charge in [-0.25, -0.2) is 0 Å². The third-order valence-corrected chi connectivity index (χ3v) is 1.10. The molecular formula is C7H16N. The number of hydrogen-bond donors (Lipinski definition) is 1. The molecular weight excluding hydrogens is 98.1 g/mol. The molecule has 0 aliphatic carbocycles. The smallest absolute Gasteiger partial charge is 0.00419 e. The van der Waals surface area contributed by atoms with Crippen molar-refractivity contribution in [2.75, 3.05) is 0 Å². The molecule has 1 atom stereocenters. The van der Waals surface area contributed by atoms with Crippen molar-refractivity contribution in [1.29, 1.82) is 0 Å². The van der Waals surface area contributed by atoms with E-state index in [9.17, 15) is 0 Å². The molecule has 1 unspecified atom stereocenters. The summed E-state index contributed by atoms with van der Waals surface area (Å²) in [6.07, 6.45) is 5.88. The number of rotatable bonds is 4. The highest BCUT2D eigenvalue weighted by atomic mass is 14.6. The molecule has 1 nitrogen and oxygen atoms in total. The fraction of sp³-hybridized carbons (Fsp3) is 0.857. The van der Waals surface area contributed by atoms with Crippen LogP contribution >= 0.6 is 0 Å². The van der Waals surface area contributed by atoms with E-state index in [1.54, 1.807) is 0 Å². The summed E-state index contributed by atoms with van der Waals surface area (Å²) in [5.41, 5.74) is 5.48. The van der Waals surface area contributed by atoms with Crippen LogP contribution in [0.15, 0.2) is 0 Å². The van der Waals surface area contributed by atoms with E-state index in [2.05, 4.69) is 13.3 Å². The first-order valence-electron chi connectivity index (χ1n) is 3.36. The Labute approximate surface area is 52.3 Å². The highest BCUT2D eigenvalue weighted by Gasteiger charge is 1.91. The van der Waals surface area contributed by atoms with Crippen molar-refractivity contribution < 1.29 is 0 Å². The predicted octanol–water partition coefficient (Wildman–Crippen LogP) is 1.73. The van der Waals surface area contributed by atoms with E-state index >= 15 is 0 Å². The van der Waals surface area contributed by atoms with Crippen LogP contribution in [0.3, 0.4) is 0 Å². The molecule has 1 heteroatoms. The molecule has 2 N–H and O–H groups in total. The van der Waals surface area contributed by atoms with Crippen LogP contribution in [0.2, 0.25) is 0 Å². The Morgan fingerprint density at radius 2 is 2.25 bits per heavy atom. The van der Waals surface area contributed by atoms with Gasteiger partial charge in [-0.15, -0.1) is 0 Å². The molecule has 49 valence electrons. The number of hydrogen-bond acceptors (Lipinski definition) is 1. The van der Waals surface area contributed by atoms with E-state index < -0.39 is 0 Å². The van der Waals surface area contributed by atoms with Gasteiger partial charge in [-0.05, 0) is 19.8 Å². The van der Waals surface area contributed by atoms with Crippen molar-refractivity contribution in [3.63, 3.8) is 0 Å². The van der Waals surface area contributed by atoms with Gasteiger partial charge in [-0.2, -0.15) is 0 Å². The zero-order chi connectivity index (χ0) is 6.41. The molecule has 1 radical (unpaired) electrons. The molecule has 0 fully saturated rings. The van der Waals surface area contributed by atoms with Crippen molar-refractivity contribution in [2.24, 2.45) is 5.73 Å². The summed E-state index contributed by atoms with van der Waals surface area (Å²) in [6.45, 7) is 4.20. The minimum Gasteiger partial charge on any atom is -0.328 e. The molecule has 0 aromatic heterocycles. The van der Waals surface area contributed by atoms with E-state index in [-0.39, 0.29) is 6.04 Å². The van der Waals surface area contributed by atoms with E-state index in [0.29, 0.717) is 0 Å². The van der Waals surface area contributed by atoms with Gasteiger partial charge < -0.3 is 5.73 Å². The lowest BCUT2D eigenvalue weighted by molar-refractivity contribution is 0.714. The zero-order valence-electron chi connectivity index (χ0n) is 5.85. The average molecular weight is 114 g/mol. The summed E-state index contributed by atoms with van der Waals surface area (Å²) in [6, 6.07) is 0.279. The van der Waals surface area contributed by atoms with Gasteiger partial charge in [-0.3, -0.25) is 0 Å². The van der Waals surface area contributed by atoms with Crippen molar-refractivity contribution in [3.05, 3.63) is 6.42 Å². The van der Waals surface area contributed by atoms with Gasteiger partial charge in [0.1, 0.15) is 0 Å². The molecule has 0 spiro atoms. The van der Waals surface area contributed by atoms with Crippen molar-refractivity contribution in [3.8, 4) is 0 Å². The summed E-state index contributed by atoms with van der Waals surface area (Å²) in [7, 11) is 0. The molecule has 0 aromatic rings. The maximum Gasteiger partial charge on any atom is 0.00419 e. The molecule has 0 aromatic carbocycles. The molecule has 0 saturated heterocycles. The van der Waals surface area contributed by atoms with Gasteiger partial charge in [0.05, 0.1) is 0 Å². The molecule has 0 aliphatic heterocycles. The van der Waals surface area contributed by atoms with Crippen LogP contribution in [0.4, 0.5) is 0 Å². The first-order valence-corrected chi connectivity index (χ1v) is 3.36. The average Bonchev–Trinajstić information content (AvgIpc) is 1.66. The number of nitrogens with two attached hydrogens (primary N) is 1. The second kappa shape index (κ2) is 5.10. The third kappa shape index (κ3) is 5.96. The lowest BCUT2D eigenvalue weighted by Crippen LogP contribution is -2.14. The Balaban J connectivity index is 2.72. The summed E-state index contributed by atoms with van der Waals surface area (Å²) in [5, 5.41) is 0. The Bertz CT molecular complexity index is 41.7. The van der Waals surface area contributed by atoms with Gasteiger partial charge in [0.15, 0.2) is 0 Å². The van der Waals surface area contributed by atoms with E-state index in [0.717, 1.165) is 0 Å². The second-order valence-corrected chi connectivity index (χ2v) is 2.24. The van der Waals surface area contributed by atoms with Gasteiger partial charge in [0.2, 0.25) is 0 Å². The second-order valence-electron chi connectivity index (χ2n) is 2.24. The van der Waals surface area contributed by atoms with E-state index in [1.165, 1.54) is 19.3 Å².